The Kier molecular flexibility index (Phi) is 8.23. The molecule has 0 heterocycles. The molecule has 3 aromatic rings. The molecule has 0 spiro atoms. The van der Waals surface area contributed by atoms with Crippen molar-refractivity contribution < 1.29 is 23.8 Å². The third kappa shape index (κ3) is 6.35. The first-order valence-corrected chi connectivity index (χ1v) is 10.6. The van der Waals surface area contributed by atoms with Crippen LogP contribution in [0.15, 0.2) is 71.8 Å². The highest BCUT2D eigenvalue weighted by Gasteiger charge is 2.14. The molecule has 1 amide bonds. The minimum atomic E-state index is -0.534. The van der Waals surface area contributed by atoms with E-state index in [4.69, 9.17) is 14.2 Å². The number of hydrogen-bond donors (Lipinski definition) is 1. The van der Waals surface area contributed by atoms with E-state index in [1.54, 1.807) is 54.6 Å². The zero-order valence-electron chi connectivity index (χ0n) is 19.6. The number of hydrazone groups is 1. The molecule has 0 aliphatic heterocycles. The number of rotatable bonds is 9. The van der Waals surface area contributed by atoms with Crippen molar-refractivity contribution in [2.24, 2.45) is 5.10 Å². The number of anilines is 1. The molecular formula is C26H27N3O5. The van der Waals surface area contributed by atoms with Crippen LogP contribution in [0.25, 0.3) is 0 Å². The van der Waals surface area contributed by atoms with Crippen molar-refractivity contribution in [3.05, 3.63) is 83.4 Å². The van der Waals surface area contributed by atoms with Gasteiger partial charge in [-0.3, -0.25) is 4.79 Å². The van der Waals surface area contributed by atoms with Gasteiger partial charge in [0.15, 0.2) is 11.5 Å². The summed E-state index contributed by atoms with van der Waals surface area (Å²) >= 11 is 0. The summed E-state index contributed by atoms with van der Waals surface area (Å²) in [7, 11) is 5.39. The van der Waals surface area contributed by atoms with Crippen LogP contribution in [0.2, 0.25) is 0 Å². The lowest BCUT2D eigenvalue weighted by molar-refractivity contribution is 0.0727. The molecule has 0 radical (unpaired) electrons. The van der Waals surface area contributed by atoms with E-state index < -0.39 is 5.97 Å². The lowest BCUT2D eigenvalue weighted by atomic mass is 10.2. The second-order valence-corrected chi connectivity index (χ2v) is 7.40. The smallest absolute Gasteiger partial charge is 0.343 e. The average molecular weight is 462 g/mol. The topological polar surface area (TPSA) is 89.5 Å². The number of hydrogen-bond acceptors (Lipinski definition) is 7. The number of nitrogens with zero attached hydrogens (tertiary/aromatic N) is 2. The third-order valence-electron chi connectivity index (χ3n) is 4.80. The normalized spacial score (nSPS) is 10.6. The minimum Gasteiger partial charge on any atom is -0.497 e. The Bertz CT molecular complexity index is 1170. The van der Waals surface area contributed by atoms with Crippen molar-refractivity contribution >= 4 is 23.8 Å². The summed E-state index contributed by atoms with van der Waals surface area (Å²) in [4.78, 5) is 26.8. The van der Waals surface area contributed by atoms with Crippen molar-refractivity contribution in [3.63, 3.8) is 0 Å². The molecular weight excluding hydrogens is 434 g/mol. The number of carbonyl (C=O) groups excluding carboxylic acids is 2. The van der Waals surface area contributed by atoms with Crippen LogP contribution in [0.3, 0.4) is 0 Å². The van der Waals surface area contributed by atoms with Gasteiger partial charge in [-0.2, -0.15) is 5.10 Å². The molecule has 0 aromatic heterocycles. The van der Waals surface area contributed by atoms with Crippen molar-refractivity contribution in [1.29, 1.82) is 0 Å². The lowest BCUT2D eigenvalue weighted by Gasteiger charge is -2.12. The SMILES string of the molecule is CCOc1cc(C=NNC(=O)c2ccc(N(C)C)cc2)ccc1OC(=O)c1cccc(OC)c1. The van der Waals surface area contributed by atoms with Gasteiger partial charge in [-0.25, -0.2) is 10.2 Å². The molecule has 0 aliphatic rings. The first-order chi connectivity index (χ1) is 16.4. The van der Waals surface area contributed by atoms with Crippen LogP contribution in [-0.2, 0) is 0 Å². The number of amides is 1. The fourth-order valence-corrected chi connectivity index (χ4v) is 3.01. The number of esters is 1. The van der Waals surface area contributed by atoms with Crippen molar-refractivity contribution in [2.75, 3.05) is 32.7 Å². The van der Waals surface area contributed by atoms with E-state index in [9.17, 15) is 9.59 Å². The van der Waals surface area contributed by atoms with Gasteiger partial charge < -0.3 is 19.1 Å². The van der Waals surface area contributed by atoms with E-state index in [2.05, 4.69) is 10.5 Å². The number of ether oxygens (including phenoxy) is 3. The molecule has 3 rings (SSSR count). The maximum Gasteiger partial charge on any atom is 0.343 e. The van der Waals surface area contributed by atoms with Crippen LogP contribution in [-0.4, -0.2) is 45.9 Å². The Morgan fingerprint density at radius 2 is 1.74 bits per heavy atom. The molecule has 34 heavy (non-hydrogen) atoms. The number of methoxy groups -OCH3 is 1. The van der Waals surface area contributed by atoms with Crippen LogP contribution in [0.4, 0.5) is 5.69 Å². The summed E-state index contributed by atoms with van der Waals surface area (Å²) in [6.07, 6.45) is 1.49. The second kappa shape index (κ2) is 11.5. The van der Waals surface area contributed by atoms with Crippen LogP contribution < -0.4 is 24.5 Å². The Morgan fingerprint density at radius 1 is 0.971 bits per heavy atom. The molecule has 0 unspecified atom stereocenters. The largest absolute Gasteiger partial charge is 0.497 e. The van der Waals surface area contributed by atoms with Crippen molar-refractivity contribution in [2.45, 2.75) is 6.92 Å². The van der Waals surface area contributed by atoms with Gasteiger partial charge in [0, 0.05) is 25.3 Å². The predicted octanol–water partition coefficient (Wildman–Crippen LogP) is 4.14. The zero-order valence-corrected chi connectivity index (χ0v) is 19.6. The van der Waals surface area contributed by atoms with Crippen molar-refractivity contribution in [1.82, 2.24) is 5.43 Å². The first kappa shape index (κ1) is 24.3. The van der Waals surface area contributed by atoms with E-state index in [1.807, 2.05) is 38.1 Å². The van der Waals surface area contributed by atoms with Gasteiger partial charge in [0.25, 0.3) is 5.91 Å². The Labute approximate surface area is 198 Å². The Hall–Kier alpha value is -4.33. The average Bonchev–Trinajstić information content (AvgIpc) is 2.85. The monoisotopic (exact) mass is 461 g/mol. The summed E-state index contributed by atoms with van der Waals surface area (Å²) in [6.45, 7) is 2.21. The molecule has 8 nitrogen and oxygen atoms in total. The minimum absolute atomic E-state index is 0.275. The van der Waals surface area contributed by atoms with Gasteiger partial charge in [0.05, 0.1) is 25.5 Å². The maximum absolute atomic E-state index is 12.6. The molecule has 0 bridgehead atoms. The van der Waals surface area contributed by atoms with Gasteiger partial charge in [-0.15, -0.1) is 0 Å². The summed E-state index contributed by atoms with van der Waals surface area (Å²) in [5.41, 5.74) is 5.01. The van der Waals surface area contributed by atoms with Gasteiger partial charge in [0.1, 0.15) is 5.75 Å². The van der Waals surface area contributed by atoms with E-state index >= 15 is 0 Å². The first-order valence-electron chi connectivity index (χ1n) is 10.6. The lowest BCUT2D eigenvalue weighted by Crippen LogP contribution is -2.18. The predicted molar refractivity (Wildman–Crippen MR) is 131 cm³/mol. The molecule has 176 valence electrons. The molecule has 3 aromatic carbocycles. The highest BCUT2D eigenvalue weighted by molar-refractivity contribution is 5.95. The number of nitrogens with one attached hydrogen (secondary N) is 1. The van der Waals surface area contributed by atoms with E-state index in [0.29, 0.717) is 34.8 Å². The van der Waals surface area contributed by atoms with Gasteiger partial charge in [-0.05, 0) is 73.2 Å². The molecule has 0 saturated heterocycles. The van der Waals surface area contributed by atoms with Gasteiger partial charge in [0.2, 0.25) is 0 Å². The Morgan fingerprint density at radius 3 is 2.41 bits per heavy atom. The van der Waals surface area contributed by atoms with Gasteiger partial charge >= 0.3 is 5.97 Å². The highest BCUT2D eigenvalue weighted by atomic mass is 16.6. The zero-order chi connectivity index (χ0) is 24.5. The number of carbonyl (C=O) groups is 2. The Balaban J connectivity index is 1.68. The van der Waals surface area contributed by atoms with Crippen LogP contribution >= 0.6 is 0 Å². The van der Waals surface area contributed by atoms with E-state index in [-0.39, 0.29) is 11.7 Å². The van der Waals surface area contributed by atoms with Crippen molar-refractivity contribution in [3.8, 4) is 17.2 Å². The van der Waals surface area contributed by atoms with E-state index in [0.717, 1.165) is 5.69 Å². The molecule has 0 atom stereocenters. The summed E-state index contributed by atoms with van der Waals surface area (Å²) < 4.78 is 16.3. The molecule has 0 fully saturated rings. The van der Waals surface area contributed by atoms with Crippen LogP contribution in [0.1, 0.15) is 33.2 Å². The molecule has 1 N–H and O–H groups in total. The fraction of sp³-hybridized carbons (Fsp3) is 0.192. The standard InChI is InChI=1S/C26H27N3O5/c1-5-33-24-15-18(17-27-28-25(30)19-10-12-21(13-11-19)29(2)3)9-14-23(24)34-26(31)20-7-6-8-22(16-20)32-4/h6-17H,5H2,1-4H3,(H,28,30). The highest BCUT2D eigenvalue weighted by Crippen LogP contribution is 2.29. The summed E-state index contributed by atoms with van der Waals surface area (Å²) in [5, 5.41) is 4.02. The van der Waals surface area contributed by atoms with Crippen LogP contribution in [0, 0.1) is 0 Å². The molecule has 0 saturated carbocycles. The molecule has 8 heteroatoms. The summed E-state index contributed by atoms with van der Waals surface area (Å²) in [6, 6.07) is 18.9. The quantitative estimate of drug-likeness (QED) is 0.223. The van der Waals surface area contributed by atoms with E-state index in [1.165, 1.54) is 13.3 Å². The fourth-order valence-electron chi connectivity index (χ4n) is 3.01. The third-order valence-corrected chi connectivity index (χ3v) is 4.80. The number of benzene rings is 3. The van der Waals surface area contributed by atoms with Gasteiger partial charge in [-0.1, -0.05) is 6.07 Å². The summed E-state index contributed by atoms with van der Waals surface area (Å²) in [5.74, 6) is 0.358. The molecule has 0 aliphatic carbocycles. The van der Waals surface area contributed by atoms with Crippen LogP contribution in [0.5, 0.6) is 17.2 Å². The maximum atomic E-state index is 12.6. The second-order valence-electron chi connectivity index (χ2n) is 7.40.